The molecule has 1 fully saturated rings. The second kappa shape index (κ2) is 5.10. The number of thiophene rings is 1. The summed E-state index contributed by atoms with van der Waals surface area (Å²) >= 11 is 1.62. The Balaban J connectivity index is 2.31. The van der Waals surface area contributed by atoms with Crippen molar-refractivity contribution >= 4 is 23.2 Å². The van der Waals surface area contributed by atoms with Crippen molar-refractivity contribution in [3.05, 3.63) is 22.4 Å². The van der Waals surface area contributed by atoms with Gasteiger partial charge in [0.2, 0.25) is 11.8 Å². The van der Waals surface area contributed by atoms with Crippen molar-refractivity contribution in [3.63, 3.8) is 0 Å². The van der Waals surface area contributed by atoms with E-state index in [0.717, 1.165) is 4.88 Å². The third kappa shape index (κ3) is 2.27. The lowest BCUT2D eigenvalue weighted by molar-refractivity contribution is -0.150. The highest BCUT2D eigenvalue weighted by atomic mass is 32.1. The highest BCUT2D eigenvalue weighted by molar-refractivity contribution is 7.10. The summed E-state index contributed by atoms with van der Waals surface area (Å²) in [5.41, 5.74) is 0. The molecule has 5 heteroatoms. The molecule has 1 N–H and O–H groups in total. The van der Waals surface area contributed by atoms with Gasteiger partial charge in [-0.15, -0.1) is 11.3 Å². The summed E-state index contributed by atoms with van der Waals surface area (Å²) in [6.45, 7) is 6.03. The Morgan fingerprint density at radius 1 is 1.39 bits per heavy atom. The van der Waals surface area contributed by atoms with E-state index in [2.05, 4.69) is 5.32 Å². The van der Waals surface area contributed by atoms with Gasteiger partial charge in [0.05, 0.1) is 12.6 Å². The third-order valence-corrected chi connectivity index (χ3v) is 4.32. The highest BCUT2D eigenvalue weighted by Crippen LogP contribution is 2.29. The summed E-state index contributed by atoms with van der Waals surface area (Å²) in [4.78, 5) is 26.9. The minimum absolute atomic E-state index is 0.00537. The summed E-state index contributed by atoms with van der Waals surface area (Å²) < 4.78 is 0. The third-order valence-electron chi connectivity index (χ3n) is 3.27. The highest BCUT2D eigenvalue weighted by Gasteiger charge is 2.39. The van der Waals surface area contributed by atoms with Crippen molar-refractivity contribution in [3.8, 4) is 0 Å². The molecule has 0 aromatic carbocycles. The number of rotatable bonds is 3. The normalized spacial score (nSPS) is 22.2. The molecule has 0 radical (unpaired) electrons. The van der Waals surface area contributed by atoms with Gasteiger partial charge in [-0.3, -0.25) is 9.59 Å². The Morgan fingerprint density at radius 3 is 2.67 bits per heavy atom. The zero-order chi connectivity index (χ0) is 13.3. The summed E-state index contributed by atoms with van der Waals surface area (Å²) in [6, 6.07) is 3.56. The maximum Gasteiger partial charge on any atom is 0.243 e. The first-order valence-corrected chi connectivity index (χ1v) is 7.02. The molecule has 1 aliphatic rings. The number of carbonyl (C=O) groups excluding carboxylic acids is 2. The predicted molar refractivity (Wildman–Crippen MR) is 71.2 cm³/mol. The average molecular weight is 266 g/mol. The van der Waals surface area contributed by atoms with Gasteiger partial charge in [-0.2, -0.15) is 0 Å². The minimum Gasteiger partial charge on any atom is -0.345 e. The number of piperazine rings is 1. The van der Waals surface area contributed by atoms with Crippen LogP contribution in [0.15, 0.2) is 17.5 Å². The monoisotopic (exact) mass is 266 g/mol. The van der Waals surface area contributed by atoms with Crippen LogP contribution in [0.3, 0.4) is 0 Å². The maximum absolute atomic E-state index is 12.1. The van der Waals surface area contributed by atoms with Crippen LogP contribution >= 0.6 is 11.3 Å². The summed E-state index contributed by atoms with van der Waals surface area (Å²) in [6.07, 6.45) is 0. The fourth-order valence-corrected chi connectivity index (χ4v) is 3.17. The molecule has 0 spiro atoms. The van der Waals surface area contributed by atoms with Crippen LogP contribution in [-0.4, -0.2) is 29.3 Å². The lowest BCUT2D eigenvalue weighted by Gasteiger charge is -2.40. The largest absolute Gasteiger partial charge is 0.345 e. The average Bonchev–Trinajstić information content (AvgIpc) is 2.84. The number of carbonyl (C=O) groups is 2. The summed E-state index contributed by atoms with van der Waals surface area (Å²) in [7, 11) is 0. The van der Waals surface area contributed by atoms with Gasteiger partial charge in [0, 0.05) is 4.88 Å². The Bertz CT molecular complexity index is 442. The molecule has 2 atom stereocenters. The van der Waals surface area contributed by atoms with Gasteiger partial charge in [-0.05, 0) is 24.3 Å². The molecule has 2 heterocycles. The second-order valence-electron chi connectivity index (χ2n) is 4.90. The molecular weight excluding hydrogens is 248 g/mol. The van der Waals surface area contributed by atoms with E-state index < -0.39 is 0 Å². The first-order chi connectivity index (χ1) is 8.52. The van der Waals surface area contributed by atoms with Gasteiger partial charge in [-0.25, -0.2) is 0 Å². The van der Waals surface area contributed by atoms with E-state index in [9.17, 15) is 9.59 Å². The van der Waals surface area contributed by atoms with E-state index in [1.807, 2.05) is 38.3 Å². The van der Waals surface area contributed by atoms with E-state index in [1.54, 1.807) is 16.2 Å². The lowest BCUT2D eigenvalue weighted by Crippen LogP contribution is -2.60. The minimum atomic E-state index is -0.372. The molecule has 4 nitrogen and oxygen atoms in total. The molecule has 0 saturated carbocycles. The van der Waals surface area contributed by atoms with E-state index >= 15 is 0 Å². The number of hydrogen-bond donors (Lipinski definition) is 1. The molecule has 1 aromatic heterocycles. The van der Waals surface area contributed by atoms with Crippen molar-refractivity contribution in [2.75, 3.05) is 6.54 Å². The molecule has 98 valence electrons. The SMILES string of the molecule is CC(C)C1C(=O)NCC(=O)N1C(C)c1cccs1. The lowest BCUT2D eigenvalue weighted by atomic mass is 9.97. The molecule has 2 rings (SSSR count). The smallest absolute Gasteiger partial charge is 0.243 e. The second-order valence-corrected chi connectivity index (χ2v) is 5.88. The molecule has 1 aliphatic heterocycles. The van der Waals surface area contributed by atoms with Gasteiger partial charge in [0.1, 0.15) is 6.04 Å². The first kappa shape index (κ1) is 13.1. The molecular formula is C13H18N2O2S. The van der Waals surface area contributed by atoms with Crippen LogP contribution in [0.4, 0.5) is 0 Å². The van der Waals surface area contributed by atoms with Gasteiger partial charge >= 0.3 is 0 Å². The predicted octanol–water partition coefficient (Wildman–Crippen LogP) is 1.79. The van der Waals surface area contributed by atoms with Crippen molar-refractivity contribution in [1.82, 2.24) is 10.2 Å². The molecule has 2 amide bonds. The molecule has 0 bridgehead atoms. The number of nitrogens with one attached hydrogen (secondary N) is 1. The zero-order valence-electron chi connectivity index (χ0n) is 10.8. The Kier molecular flexibility index (Phi) is 3.71. The van der Waals surface area contributed by atoms with Crippen molar-refractivity contribution in [1.29, 1.82) is 0 Å². The van der Waals surface area contributed by atoms with Gasteiger partial charge in [0.15, 0.2) is 0 Å². The fraction of sp³-hybridized carbons (Fsp3) is 0.538. The molecule has 1 saturated heterocycles. The van der Waals surface area contributed by atoms with Crippen LogP contribution < -0.4 is 5.32 Å². The van der Waals surface area contributed by atoms with Crippen LogP contribution in [0.2, 0.25) is 0 Å². The topological polar surface area (TPSA) is 49.4 Å². The van der Waals surface area contributed by atoms with Crippen LogP contribution in [0.25, 0.3) is 0 Å². The number of nitrogens with zero attached hydrogens (tertiary/aromatic N) is 1. The van der Waals surface area contributed by atoms with Crippen LogP contribution in [0.1, 0.15) is 31.7 Å². The van der Waals surface area contributed by atoms with Crippen molar-refractivity contribution < 1.29 is 9.59 Å². The standard InChI is InChI=1S/C13H18N2O2S/c1-8(2)12-13(17)14-7-11(16)15(12)9(3)10-5-4-6-18-10/h4-6,8-9,12H,7H2,1-3H3,(H,14,17). The maximum atomic E-state index is 12.1. The van der Waals surface area contributed by atoms with Crippen LogP contribution in [-0.2, 0) is 9.59 Å². The van der Waals surface area contributed by atoms with Gasteiger partial charge < -0.3 is 10.2 Å². The van der Waals surface area contributed by atoms with Gasteiger partial charge in [-0.1, -0.05) is 19.9 Å². The van der Waals surface area contributed by atoms with E-state index in [-0.39, 0.29) is 36.4 Å². The summed E-state index contributed by atoms with van der Waals surface area (Å²) in [5.74, 6) is 0.0545. The van der Waals surface area contributed by atoms with E-state index in [4.69, 9.17) is 0 Å². The van der Waals surface area contributed by atoms with Crippen molar-refractivity contribution in [2.45, 2.75) is 32.9 Å². The number of hydrogen-bond acceptors (Lipinski definition) is 3. The Hall–Kier alpha value is -1.36. The first-order valence-electron chi connectivity index (χ1n) is 6.14. The molecule has 1 aromatic rings. The quantitative estimate of drug-likeness (QED) is 0.907. The molecule has 0 aliphatic carbocycles. The molecule has 18 heavy (non-hydrogen) atoms. The van der Waals surface area contributed by atoms with Crippen LogP contribution in [0.5, 0.6) is 0 Å². The van der Waals surface area contributed by atoms with Gasteiger partial charge in [0.25, 0.3) is 0 Å². The van der Waals surface area contributed by atoms with Crippen LogP contribution in [0, 0.1) is 5.92 Å². The molecule has 2 unspecified atom stereocenters. The Labute approximate surface area is 111 Å². The Morgan fingerprint density at radius 2 is 2.11 bits per heavy atom. The van der Waals surface area contributed by atoms with E-state index in [1.165, 1.54) is 0 Å². The fourth-order valence-electron chi connectivity index (χ4n) is 2.39. The summed E-state index contributed by atoms with van der Waals surface area (Å²) in [5, 5.41) is 4.66. The number of amides is 2. The van der Waals surface area contributed by atoms with E-state index in [0.29, 0.717) is 0 Å². The van der Waals surface area contributed by atoms with Crippen molar-refractivity contribution in [2.24, 2.45) is 5.92 Å². The zero-order valence-corrected chi connectivity index (χ0v) is 11.7.